The number of fused-ring (bicyclic) bond motifs is 2. The molecule has 1 aliphatic heterocycles. The molecule has 5 nitrogen and oxygen atoms in total. The minimum atomic E-state index is 0.175. The molecule has 1 fully saturated rings. The van der Waals surface area contributed by atoms with Gasteiger partial charge in [0, 0.05) is 55.2 Å². The molecule has 39 heavy (non-hydrogen) atoms. The standard InChI is InChI=1S/C33H39ClN4O/c34-29-13-14-30-28(23-29)12-11-27-9-6-19-37-33(27)32(30)26-15-21-38(22-16-26)20-4-3-18-36-31(39)10-2-1-7-25-8-5-17-35-24-25/h5-6,8-9,13-14,17,19,23-24H,1-4,7,10-12,15-16,18,20-22H2,(H,36,39). The maximum absolute atomic E-state index is 12.2. The second-order valence-electron chi connectivity index (χ2n) is 10.8. The van der Waals surface area contributed by atoms with Crippen LogP contribution in [0.2, 0.25) is 5.02 Å². The summed E-state index contributed by atoms with van der Waals surface area (Å²) in [6, 6.07) is 14.7. The van der Waals surface area contributed by atoms with E-state index in [0.717, 1.165) is 94.7 Å². The summed E-state index contributed by atoms with van der Waals surface area (Å²) in [4.78, 5) is 23.7. The molecule has 204 valence electrons. The Kier molecular flexibility index (Phi) is 9.79. The van der Waals surface area contributed by atoms with Crippen LogP contribution in [-0.4, -0.2) is 47.0 Å². The first-order valence-corrected chi connectivity index (χ1v) is 14.9. The summed E-state index contributed by atoms with van der Waals surface area (Å²) in [6.45, 7) is 4.01. The van der Waals surface area contributed by atoms with Crippen LogP contribution < -0.4 is 5.32 Å². The molecule has 0 atom stereocenters. The number of aryl methyl sites for hydroxylation is 3. The number of piperidine rings is 1. The molecule has 2 aromatic heterocycles. The fraction of sp³-hybridized carbons (Fsp3) is 0.424. The van der Waals surface area contributed by atoms with E-state index < -0.39 is 0 Å². The highest BCUT2D eigenvalue weighted by Crippen LogP contribution is 2.38. The Morgan fingerprint density at radius 1 is 0.923 bits per heavy atom. The van der Waals surface area contributed by atoms with Crippen molar-refractivity contribution in [3.05, 3.63) is 99.6 Å². The van der Waals surface area contributed by atoms with Gasteiger partial charge >= 0.3 is 0 Å². The molecule has 0 spiro atoms. The molecule has 1 N–H and O–H groups in total. The number of nitrogens with one attached hydrogen (secondary N) is 1. The van der Waals surface area contributed by atoms with Crippen molar-refractivity contribution in [3.8, 4) is 0 Å². The van der Waals surface area contributed by atoms with Crippen LogP contribution in [0.1, 0.15) is 72.9 Å². The van der Waals surface area contributed by atoms with Gasteiger partial charge in [-0.05, 0) is 111 Å². The lowest BCUT2D eigenvalue weighted by molar-refractivity contribution is -0.121. The third-order valence-corrected chi connectivity index (χ3v) is 8.24. The zero-order valence-electron chi connectivity index (χ0n) is 22.8. The lowest BCUT2D eigenvalue weighted by atomic mass is 9.88. The van der Waals surface area contributed by atoms with E-state index in [4.69, 9.17) is 16.6 Å². The van der Waals surface area contributed by atoms with Gasteiger partial charge in [0.05, 0.1) is 5.69 Å². The molecule has 2 aliphatic rings. The lowest BCUT2D eigenvalue weighted by Gasteiger charge is -2.30. The SMILES string of the molecule is O=C(CCCCc1cccnc1)NCCCCN1CCC(=C2c3ccc(Cl)cc3CCc3cccnc32)CC1. The number of nitrogens with zero attached hydrogens (tertiary/aromatic N) is 3. The first-order chi connectivity index (χ1) is 19.2. The number of pyridine rings is 2. The van der Waals surface area contributed by atoms with Gasteiger partial charge in [-0.25, -0.2) is 0 Å². The molecule has 1 saturated heterocycles. The van der Waals surface area contributed by atoms with E-state index in [1.165, 1.54) is 33.4 Å². The van der Waals surface area contributed by atoms with Gasteiger partial charge in [0.2, 0.25) is 5.91 Å². The lowest BCUT2D eigenvalue weighted by Crippen LogP contribution is -2.32. The number of unbranched alkanes of at least 4 members (excludes halogenated alkanes) is 2. The van der Waals surface area contributed by atoms with Crippen LogP contribution in [0.25, 0.3) is 5.57 Å². The summed E-state index contributed by atoms with van der Waals surface area (Å²) in [7, 11) is 0. The highest BCUT2D eigenvalue weighted by atomic mass is 35.5. The van der Waals surface area contributed by atoms with Gasteiger partial charge in [0.15, 0.2) is 0 Å². The topological polar surface area (TPSA) is 58.1 Å². The van der Waals surface area contributed by atoms with Gasteiger partial charge < -0.3 is 10.2 Å². The van der Waals surface area contributed by atoms with Crippen LogP contribution in [-0.2, 0) is 24.1 Å². The van der Waals surface area contributed by atoms with Gasteiger partial charge in [-0.15, -0.1) is 0 Å². The van der Waals surface area contributed by atoms with Crippen molar-refractivity contribution in [2.45, 2.75) is 64.2 Å². The van der Waals surface area contributed by atoms with E-state index in [-0.39, 0.29) is 5.91 Å². The number of hydrogen-bond acceptors (Lipinski definition) is 4. The van der Waals surface area contributed by atoms with Crippen molar-refractivity contribution in [2.75, 3.05) is 26.2 Å². The number of carbonyl (C=O) groups is 1. The molecule has 0 radical (unpaired) electrons. The first kappa shape index (κ1) is 27.5. The Bertz CT molecular complexity index is 1280. The number of hydrogen-bond donors (Lipinski definition) is 1. The predicted molar refractivity (Wildman–Crippen MR) is 159 cm³/mol. The van der Waals surface area contributed by atoms with E-state index in [1.807, 2.05) is 24.5 Å². The number of benzene rings is 1. The summed E-state index contributed by atoms with van der Waals surface area (Å²) < 4.78 is 0. The molecular formula is C33H39ClN4O. The fourth-order valence-electron chi connectivity index (χ4n) is 5.87. The van der Waals surface area contributed by atoms with E-state index in [0.29, 0.717) is 6.42 Å². The normalized spacial score (nSPS) is 15.4. The van der Waals surface area contributed by atoms with E-state index in [1.54, 1.807) is 6.20 Å². The molecule has 3 heterocycles. The van der Waals surface area contributed by atoms with Crippen LogP contribution in [0.4, 0.5) is 0 Å². The number of likely N-dealkylation sites (tertiary alicyclic amines) is 1. The molecule has 1 amide bonds. The molecule has 0 bridgehead atoms. The van der Waals surface area contributed by atoms with Crippen molar-refractivity contribution < 1.29 is 4.79 Å². The van der Waals surface area contributed by atoms with Gasteiger partial charge in [-0.1, -0.05) is 35.4 Å². The number of aromatic nitrogens is 2. The highest BCUT2D eigenvalue weighted by molar-refractivity contribution is 6.30. The average Bonchev–Trinajstić information content (AvgIpc) is 3.13. The number of carbonyl (C=O) groups excluding carboxylic acids is 1. The maximum Gasteiger partial charge on any atom is 0.219 e. The van der Waals surface area contributed by atoms with Crippen LogP contribution in [0.5, 0.6) is 0 Å². The number of amides is 1. The van der Waals surface area contributed by atoms with E-state index in [9.17, 15) is 4.79 Å². The first-order valence-electron chi connectivity index (χ1n) is 14.5. The van der Waals surface area contributed by atoms with Gasteiger partial charge in [0.25, 0.3) is 0 Å². The van der Waals surface area contributed by atoms with Crippen molar-refractivity contribution in [2.24, 2.45) is 0 Å². The van der Waals surface area contributed by atoms with Crippen molar-refractivity contribution in [3.63, 3.8) is 0 Å². The Hall–Kier alpha value is -3.02. The second kappa shape index (κ2) is 13.9. The van der Waals surface area contributed by atoms with Gasteiger partial charge in [0.1, 0.15) is 0 Å². The quantitative estimate of drug-likeness (QED) is 0.300. The molecule has 1 aromatic carbocycles. The van der Waals surface area contributed by atoms with Crippen LogP contribution in [0.15, 0.2) is 66.6 Å². The van der Waals surface area contributed by atoms with Crippen LogP contribution >= 0.6 is 11.6 Å². The molecule has 6 heteroatoms. The summed E-state index contributed by atoms with van der Waals surface area (Å²) in [5, 5.41) is 3.91. The van der Waals surface area contributed by atoms with Crippen molar-refractivity contribution >= 4 is 23.1 Å². The van der Waals surface area contributed by atoms with Gasteiger partial charge in [-0.2, -0.15) is 0 Å². The molecule has 5 rings (SSSR count). The molecule has 0 unspecified atom stereocenters. The fourth-order valence-corrected chi connectivity index (χ4v) is 6.06. The van der Waals surface area contributed by atoms with Gasteiger partial charge in [-0.3, -0.25) is 14.8 Å². The van der Waals surface area contributed by atoms with E-state index >= 15 is 0 Å². The third-order valence-electron chi connectivity index (χ3n) is 8.01. The second-order valence-corrected chi connectivity index (χ2v) is 11.2. The third kappa shape index (κ3) is 7.55. The summed E-state index contributed by atoms with van der Waals surface area (Å²) >= 11 is 6.37. The molecular weight excluding hydrogens is 504 g/mol. The Balaban J connectivity index is 1.06. The minimum absolute atomic E-state index is 0.175. The molecule has 0 saturated carbocycles. The van der Waals surface area contributed by atoms with Crippen molar-refractivity contribution in [1.29, 1.82) is 0 Å². The monoisotopic (exact) mass is 542 g/mol. The number of rotatable bonds is 10. The largest absolute Gasteiger partial charge is 0.356 e. The van der Waals surface area contributed by atoms with Crippen molar-refractivity contribution in [1.82, 2.24) is 20.2 Å². The Labute approximate surface area is 237 Å². The maximum atomic E-state index is 12.2. The summed E-state index contributed by atoms with van der Waals surface area (Å²) in [6.07, 6.45) is 15.4. The average molecular weight is 543 g/mol. The van der Waals surface area contributed by atoms with Crippen LogP contribution in [0, 0.1) is 0 Å². The Morgan fingerprint density at radius 3 is 2.62 bits per heavy atom. The smallest absolute Gasteiger partial charge is 0.219 e. The minimum Gasteiger partial charge on any atom is -0.356 e. The highest BCUT2D eigenvalue weighted by Gasteiger charge is 2.25. The summed E-state index contributed by atoms with van der Waals surface area (Å²) in [5.74, 6) is 0.175. The van der Waals surface area contributed by atoms with E-state index in [2.05, 4.69) is 45.5 Å². The Morgan fingerprint density at radius 2 is 1.77 bits per heavy atom. The predicted octanol–water partition coefficient (Wildman–Crippen LogP) is 6.44. The zero-order valence-corrected chi connectivity index (χ0v) is 23.6. The molecule has 3 aromatic rings. The zero-order chi connectivity index (χ0) is 26.9. The summed E-state index contributed by atoms with van der Waals surface area (Å²) in [5.41, 5.74) is 9.25. The number of halogens is 1. The van der Waals surface area contributed by atoms with Crippen LogP contribution in [0.3, 0.4) is 0 Å². The molecule has 1 aliphatic carbocycles.